The summed E-state index contributed by atoms with van der Waals surface area (Å²) in [6.07, 6.45) is 15.5. The second-order valence-electron chi connectivity index (χ2n) is 8.68. The Hall–Kier alpha value is -1.99. The third-order valence-electron chi connectivity index (χ3n) is 6.35. The maximum Gasteiger partial charge on any atom is 0.223 e. The standard InChI is InChI=1S/C25H31FN2O2S2/c26-23-20(13-10-16-27-23)21-15-14-19(30-21)17-22-24(29)28(25(31)32-22)18-11-8-6-4-2-1-3-5-7-9-12-18/h10,13-16,18,29H,1-9,11-12,17H2. The zero-order valence-electron chi connectivity index (χ0n) is 18.4. The Morgan fingerprint density at radius 1 is 1.03 bits per heavy atom. The summed E-state index contributed by atoms with van der Waals surface area (Å²) < 4.78 is 22.5. The fourth-order valence-electron chi connectivity index (χ4n) is 4.60. The van der Waals surface area contributed by atoms with Gasteiger partial charge in [0, 0.05) is 18.7 Å². The van der Waals surface area contributed by atoms with Crippen molar-refractivity contribution in [2.45, 2.75) is 83.1 Å². The molecule has 1 aliphatic carbocycles. The molecule has 0 unspecified atom stereocenters. The van der Waals surface area contributed by atoms with E-state index in [1.165, 1.54) is 75.3 Å². The van der Waals surface area contributed by atoms with Crippen LogP contribution in [0.3, 0.4) is 0 Å². The van der Waals surface area contributed by atoms with E-state index in [4.69, 9.17) is 16.6 Å². The van der Waals surface area contributed by atoms with E-state index >= 15 is 0 Å². The van der Waals surface area contributed by atoms with Crippen molar-refractivity contribution in [2.24, 2.45) is 0 Å². The number of hydrogen-bond acceptors (Lipinski definition) is 5. The molecule has 0 aromatic carbocycles. The smallest absolute Gasteiger partial charge is 0.223 e. The number of furan rings is 1. The summed E-state index contributed by atoms with van der Waals surface area (Å²) in [6, 6.07) is 7.15. The van der Waals surface area contributed by atoms with E-state index in [0.29, 0.717) is 23.5 Å². The molecule has 3 heterocycles. The molecule has 172 valence electrons. The van der Waals surface area contributed by atoms with Gasteiger partial charge < -0.3 is 9.52 Å². The molecule has 32 heavy (non-hydrogen) atoms. The van der Waals surface area contributed by atoms with Crippen molar-refractivity contribution < 1.29 is 13.9 Å². The quantitative estimate of drug-likeness (QED) is 0.306. The van der Waals surface area contributed by atoms with Gasteiger partial charge in [-0.2, -0.15) is 4.39 Å². The van der Waals surface area contributed by atoms with Gasteiger partial charge >= 0.3 is 0 Å². The predicted octanol–water partition coefficient (Wildman–Crippen LogP) is 8.22. The minimum Gasteiger partial charge on any atom is -0.494 e. The van der Waals surface area contributed by atoms with E-state index in [1.807, 2.05) is 10.6 Å². The van der Waals surface area contributed by atoms with Crippen LogP contribution in [0.2, 0.25) is 0 Å². The minimum atomic E-state index is -0.555. The number of thiazole rings is 1. The van der Waals surface area contributed by atoms with Crippen LogP contribution < -0.4 is 0 Å². The number of hydrogen-bond donors (Lipinski definition) is 1. The summed E-state index contributed by atoms with van der Waals surface area (Å²) in [7, 11) is 0. The number of aromatic hydroxyl groups is 1. The summed E-state index contributed by atoms with van der Waals surface area (Å²) in [6.45, 7) is 0. The normalized spacial score (nSPS) is 17.0. The van der Waals surface area contributed by atoms with Crippen LogP contribution in [-0.2, 0) is 6.42 Å². The third kappa shape index (κ3) is 5.67. The Morgan fingerprint density at radius 2 is 1.69 bits per heavy atom. The molecule has 4 rings (SSSR count). The first-order valence-corrected chi connectivity index (χ1v) is 13.0. The number of pyridine rings is 1. The van der Waals surface area contributed by atoms with E-state index in [9.17, 15) is 9.50 Å². The summed E-state index contributed by atoms with van der Waals surface area (Å²) in [5, 5.41) is 11.1. The van der Waals surface area contributed by atoms with Gasteiger partial charge in [0.1, 0.15) is 11.5 Å². The topological polar surface area (TPSA) is 51.2 Å². The Bertz CT molecular complexity index is 1060. The van der Waals surface area contributed by atoms with Crippen LogP contribution in [0, 0.1) is 9.90 Å². The molecule has 0 amide bonds. The number of nitrogens with zero attached hydrogens (tertiary/aromatic N) is 2. The van der Waals surface area contributed by atoms with Crippen molar-refractivity contribution in [2.75, 3.05) is 0 Å². The molecule has 0 aliphatic heterocycles. The molecule has 0 atom stereocenters. The monoisotopic (exact) mass is 474 g/mol. The van der Waals surface area contributed by atoms with Crippen molar-refractivity contribution in [3.05, 3.63) is 51.0 Å². The molecule has 1 fully saturated rings. The van der Waals surface area contributed by atoms with Gasteiger partial charge in [0.25, 0.3) is 0 Å². The van der Waals surface area contributed by atoms with Crippen LogP contribution in [-0.4, -0.2) is 14.7 Å². The lowest BCUT2D eigenvalue weighted by Crippen LogP contribution is -2.09. The van der Waals surface area contributed by atoms with Gasteiger partial charge in [-0.15, -0.1) is 11.3 Å². The molecule has 0 saturated heterocycles. The molecular weight excluding hydrogens is 443 g/mol. The van der Waals surface area contributed by atoms with E-state index in [2.05, 4.69) is 4.98 Å². The predicted molar refractivity (Wildman–Crippen MR) is 129 cm³/mol. The molecule has 7 heteroatoms. The van der Waals surface area contributed by atoms with E-state index < -0.39 is 5.95 Å². The number of halogens is 1. The van der Waals surface area contributed by atoms with E-state index in [0.717, 1.165) is 21.7 Å². The molecule has 1 saturated carbocycles. The van der Waals surface area contributed by atoms with Gasteiger partial charge in [0.15, 0.2) is 3.95 Å². The summed E-state index contributed by atoms with van der Waals surface area (Å²) >= 11 is 7.12. The highest BCUT2D eigenvalue weighted by atomic mass is 32.1. The van der Waals surface area contributed by atoms with Gasteiger partial charge in [-0.05, 0) is 49.3 Å². The highest BCUT2D eigenvalue weighted by Crippen LogP contribution is 2.36. The van der Waals surface area contributed by atoms with Crippen molar-refractivity contribution in [3.63, 3.8) is 0 Å². The number of aromatic nitrogens is 2. The highest BCUT2D eigenvalue weighted by Gasteiger charge is 2.21. The first kappa shape index (κ1) is 23.2. The summed E-state index contributed by atoms with van der Waals surface area (Å²) in [5.41, 5.74) is 0.335. The van der Waals surface area contributed by atoms with Gasteiger partial charge in [-0.25, -0.2) is 4.98 Å². The van der Waals surface area contributed by atoms with Crippen molar-refractivity contribution in [1.29, 1.82) is 0 Å². The van der Waals surface area contributed by atoms with E-state index in [-0.39, 0.29) is 11.9 Å². The van der Waals surface area contributed by atoms with Crippen LogP contribution in [0.4, 0.5) is 4.39 Å². The number of rotatable bonds is 4. The molecule has 4 nitrogen and oxygen atoms in total. The first-order chi connectivity index (χ1) is 15.6. The molecular formula is C25H31FN2O2S2. The molecule has 0 bridgehead atoms. The zero-order chi connectivity index (χ0) is 22.3. The first-order valence-electron chi connectivity index (χ1n) is 11.8. The molecule has 0 spiro atoms. The average molecular weight is 475 g/mol. The van der Waals surface area contributed by atoms with Crippen molar-refractivity contribution in [1.82, 2.24) is 9.55 Å². The molecule has 1 N–H and O–H groups in total. The van der Waals surface area contributed by atoms with Crippen LogP contribution >= 0.6 is 23.6 Å². The second-order valence-corrected chi connectivity index (χ2v) is 10.4. The molecule has 3 aromatic rings. The summed E-state index contributed by atoms with van der Waals surface area (Å²) in [5.74, 6) is 0.816. The average Bonchev–Trinajstić information content (AvgIpc) is 3.34. The van der Waals surface area contributed by atoms with Gasteiger partial charge in [0.2, 0.25) is 11.8 Å². The lowest BCUT2D eigenvalue weighted by molar-refractivity contribution is 0.332. The molecule has 0 radical (unpaired) electrons. The lowest BCUT2D eigenvalue weighted by Gasteiger charge is -2.20. The second kappa shape index (κ2) is 11.2. The maximum absolute atomic E-state index is 14.0. The Kier molecular flexibility index (Phi) is 8.14. The SMILES string of the molecule is Oc1c(Cc2ccc(-c3cccnc3F)o2)sc(=S)n1C1CCCCCCCCCCC1. The van der Waals surface area contributed by atoms with Crippen LogP contribution in [0.15, 0.2) is 34.9 Å². The molecule has 1 aliphatic rings. The maximum atomic E-state index is 14.0. The third-order valence-corrected chi connectivity index (χ3v) is 7.74. The fourth-order valence-corrected chi connectivity index (χ4v) is 6.09. The Balaban J connectivity index is 1.51. The zero-order valence-corrected chi connectivity index (χ0v) is 20.0. The largest absolute Gasteiger partial charge is 0.494 e. The fraction of sp³-hybridized carbons (Fsp3) is 0.520. The van der Waals surface area contributed by atoms with Crippen molar-refractivity contribution >= 4 is 23.6 Å². The summed E-state index contributed by atoms with van der Waals surface area (Å²) in [4.78, 5) is 4.49. The lowest BCUT2D eigenvalue weighted by atomic mass is 9.98. The van der Waals surface area contributed by atoms with Gasteiger partial charge in [-0.1, -0.05) is 57.8 Å². The van der Waals surface area contributed by atoms with Gasteiger partial charge in [-0.3, -0.25) is 4.57 Å². The van der Waals surface area contributed by atoms with E-state index in [1.54, 1.807) is 18.2 Å². The van der Waals surface area contributed by atoms with Crippen LogP contribution in [0.1, 0.15) is 87.3 Å². The van der Waals surface area contributed by atoms with Crippen molar-refractivity contribution in [3.8, 4) is 17.2 Å². The molecule has 3 aromatic heterocycles. The van der Waals surface area contributed by atoms with Crippen LogP contribution in [0.25, 0.3) is 11.3 Å². The van der Waals surface area contributed by atoms with Gasteiger partial charge in [0.05, 0.1) is 10.4 Å². The highest BCUT2D eigenvalue weighted by molar-refractivity contribution is 7.73. The minimum absolute atomic E-state index is 0.253. The Labute approximate surface area is 198 Å². The Morgan fingerprint density at radius 3 is 2.34 bits per heavy atom. The van der Waals surface area contributed by atoms with Crippen LogP contribution in [0.5, 0.6) is 5.88 Å².